The first-order chi connectivity index (χ1) is 20.3. The summed E-state index contributed by atoms with van der Waals surface area (Å²) in [4.78, 5) is 25.2. The molecular formula is C35H36F2O6. The summed E-state index contributed by atoms with van der Waals surface area (Å²) in [7, 11) is 0. The molecule has 4 fully saturated rings. The number of fused-ring (bicyclic) bond motifs is 7. The number of hydrogen-bond donors (Lipinski definition) is 2. The smallest absolute Gasteiger partial charge is 0.339 e. The van der Waals surface area contributed by atoms with Crippen LogP contribution in [0.1, 0.15) is 61.7 Å². The highest BCUT2D eigenvalue weighted by molar-refractivity contribution is 6.01. The van der Waals surface area contributed by atoms with E-state index in [-0.39, 0.29) is 24.8 Å². The molecule has 4 aliphatic carbocycles. The summed E-state index contributed by atoms with van der Waals surface area (Å²) in [5.41, 5.74) is -2.78. The Kier molecular flexibility index (Phi) is 6.24. The predicted octanol–water partition coefficient (Wildman–Crippen LogP) is 5.75. The maximum atomic E-state index is 17.5. The average molecular weight is 591 g/mol. The van der Waals surface area contributed by atoms with E-state index in [0.29, 0.717) is 5.56 Å². The fourth-order valence-electron chi connectivity index (χ4n) is 9.32. The molecule has 6 nitrogen and oxygen atoms in total. The quantitative estimate of drug-likeness (QED) is 0.471. The highest BCUT2D eigenvalue weighted by Crippen LogP contribution is 2.72. The molecule has 1 heterocycles. The van der Waals surface area contributed by atoms with Crippen LogP contribution in [0.2, 0.25) is 0 Å². The largest absolute Gasteiger partial charge is 0.479 e. The Bertz CT molecular complexity index is 1570. The number of aliphatic hydroxyl groups is 1. The van der Waals surface area contributed by atoms with Crippen LogP contribution >= 0.6 is 0 Å². The molecule has 3 saturated carbocycles. The first-order valence-corrected chi connectivity index (χ1v) is 15.0. The van der Waals surface area contributed by atoms with Gasteiger partial charge in [-0.25, -0.2) is 13.6 Å². The van der Waals surface area contributed by atoms with Crippen LogP contribution in [0.25, 0.3) is 0 Å². The number of alkyl halides is 2. The van der Waals surface area contributed by atoms with Gasteiger partial charge < -0.3 is 19.7 Å². The van der Waals surface area contributed by atoms with Crippen molar-refractivity contribution in [3.63, 3.8) is 0 Å². The number of halogens is 2. The highest BCUT2D eigenvalue weighted by Gasteiger charge is 2.80. The van der Waals surface area contributed by atoms with E-state index in [9.17, 15) is 19.8 Å². The molecular weight excluding hydrogens is 554 g/mol. The van der Waals surface area contributed by atoms with Crippen molar-refractivity contribution in [2.24, 2.45) is 22.7 Å². The minimum Gasteiger partial charge on any atom is -0.479 e. The van der Waals surface area contributed by atoms with E-state index in [1.54, 1.807) is 6.92 Å². The van der Waals surface area contributed by atoms with E-state index in [4.69, 9.17) is 9.47 Å². The number of carboxylic acid groups (broad SMARTS) is 1. The number of rotatable bonds is 4. The van der Waals surface area contributed by atoms with Crippen LogP contribution in [0, 0.1) is 29.6 Å². The number of aliphatic hydroxyl groups excluding tert-OH is 1. The zero-order valence-corrected chi connectivity index (χ0v) is 24.4. The zero-order valence-electron chi connectivity index (χ0n) is 24.4. The fourth-order valence-corrected chi connectivity index (χ4v) is 9.32. The number of carbonyl (C=O) groups excluding carboxylic acids is 1. The number of ether oxygens (including phenoxy) is 2. The molecule has 7 rings (SSSR count). The molecule has 0 amide bonds. The number of carboxylic acids is 1. The molecule has 10 atom stereocenters. The standard InChI is InChI=1S/C35H36F2O6/c1-19-5-4-6-21(13-19)14-20-7-9-22(10-8-20)30-42-29-17-24-25-16-27(36)26-15-23(38)11-12-32(26,2)34(25,37)28(39)18-33(24,3)35(29,43-30)31(40)41/h4-13,15,24-25,27-30,39H,14,16-18H2,1-3H3,(H,40,41)/t24-,25-,27-,28-,29+,30+,32-,33-,34-,35-/m0/s1. The minimum absolute atomic E-state index is 0.0333. The van der Waals surface area contributed by atoms with Gasteiger partial charge in [0.05, 0.1) is 6.10 Å². The van der Waals surface area contributed by atoms with Gasteiger partial charge in [0, 0.05) is 22.3 Å². The first kappa shape index (κ1) is 28.6. The van der Waals surface area contributed by atoms with Gasteiger partial charge in [0.2, 0.25) is 0 Å². The second-order valence-electron chi connectivity index (χ2n) is 13.6. The van der Waals surface area contributed by atoms with Crippen molar-refractivity contribution in [2.75, 3.05) is 0 Å². The Morgan fingerprint density at radius 2 is 1.81 bits per heavy atom. The van der Waals surface area contributed by atoms with Crippen molar-refractivity contribution in [3.8, 4) is 0 Å². The molecule has 5 aliphatic rings. The average Bonchev–Trinajstić information content (AvgIpc) is 3.46. The normalized spacial score (nSPS) is 42.9. The van der Waals surface area contributed by atoms with Crippen molar-refractivity contribution in [1.82, 2.24) is 0 Å². The molecule has 1 saturated heterocycles. The van der Waals surface area contributed by atoms with Crippen molar-refractivity contribution >= 4 is 11.8 Å². The van der Waals surface area contributed by atoms with Gasteiger partial charge in [-0.1, -0.05) is 67.1 Å². The van der Waals surface area contributed by atoms with Gasteiger partial charge in [0.15, 0.2) is 23.3 Å². The SMILES string of the molecule is Cc1cccc(Cc2ccc([C@@H]3O[C@@H]4C[C@H]5[C@@H]6C[C@H](F)C7=CC(=O)C=C[C@]7(C)[C@@]6(F)[C@@H](O)C[C@]5(C)[C@]4(C(=O)O)O3)cc2)c1. The summed E-state index contributed by atoms with van der Waals surface area (Å²) in [5.74, 6) is -3.29. The van der Waals surface area contributed by atoms with Gasteiger partial charge in [-0.3, -0.25) is 4.79 Å². The van der Waals surface area contributed by atoms with Gasteiger partial charge in [-0.15, -0.1) is 0 Å². The number of carbonyl (C=O) groups is 2. The van der Waals surface area contributed by atoms with E-state index in [0.717, 1.165) is 18.1 Å². The van der Waals surface area contributed by atoms with Crippen LogP contribution in [0.3, 0.4) is 0 Å². The number of allylic oxidation sites excluding steroid dienone is 4. The van der Waals surface area contributed by atoms with Gasteiger partial charge in [0.1, 0.15) is 12.3 Å². The topological polar surface area (TPSA) is 93.1 Å². The third-order valence-electron chi connectivity index (χ3n) is 11.4. The maximum Gasteiger partial charge on any atom is 0.339 e. The van der Waals surface area contributed by atoms with E-state index in [2.05, 4.69) is 12.1 Å². The second kappa shape index (κ2) is 9.40. The molecule has 2 aromatic carbocycles. The fraction of sp³-hybridized carbons (Fsp3) is 0.486. The van der Waals surface area contributed by atoms with Crippen LogP contribution in [0.5, 0.6) is 0 Å². The van der Waals surface area contributed by atoms with Crippen molar-refractivity contribution in [1.29, 1.82) is 0 Å². The lowest BCUT2D eigenvalue weighted by Crippen LogP contribution is -2.70. The summed E-state index contributed by atoms with van der Waals surface area (Å²) >= 11 is 0. The summed E-state index contributed by atoms with van der Waals surface area (Å²) in [6.45, 7) is 5.29. The lowest BCUT2D eigenvalue weighted by atomic mass is 9.44. The van der Waals surface area contributed by atoms with Crippen molar-refractivity contribution in [2.45, 2.75) is 82.4 Å². The van der Waals surface area contributed by atoms with E-state index >= 15 is 8.78 Å². The molecule has 0 bridgehead atoms. The maximum absolute atomic E-state index is 17.5. The van der Waals surface area contributed by atoms with Crippen molar-refractivity contribution in [3.05, 3.63) is 94.6 Å². The molecule has 0 radical (unpaired) electrons. The number of ketones is 1. The summed E-state index contributed by atoms with van der Waals surface area (Å²) < 4.78 is 45.9. The summed E-state index contributed by atoms with van der Waals surface area (Å²) in [6.07, 6.45) is -0.910. The molecule has 8 heteroatoms. The second-order valence-corrected chi connectivity index (χ2v) is 13.6. The van der Waals surface area contributed by atoms with Crippen LogP contribution < -0.4 is 0 Å². The predicted molar refractivity (Wildman–Crippen MR) is 154 cm³/mol. The van der Waals surface area contributed by atoms with Crippen LogP contribution in [0.15, 0.2) is 72.3 Å². The third-order valence-corrected chi connectivity index (χ3v) is 11.4. The van der Waals surface area contributed by atoms with Gasteiger partial charge >= 0.3 is 5.97 Å². The minimum atomic E-state index is -2.30. The lowest BCUT2D eigenvalue weighted by molar-refractivity contribution is -0.240. The Morgan fingerprint density at radius 3 is 2.51 bits per heavy atom. The van der Waals surface area contributed by atoms with Crippen LogP contribution in [-0.2, 0) is 25.5 Å². The number of benzene rings is 2. The summed E-state index contributed by atoms with van der Waals surface area (Å²) in [6, 6.07) is 16.0. The Labute approximate surface area is 249 Å². The number of aryl methyl sites for hydroxylation is 1. The molecule has 2 N–H and O–H groups in total. The Balaban J connectivity index is 1.20. The van der Waals surface area contributed by atoms with Gasteiger partial charge in [-0.2, -0.15) is 0 Å². The monoisotopic (exact) mass is 590 g/mol. The Hall–Kier alpha value is -3.20. The van der Waals surface area contributed by atoms with E-state index in [1.165, 1.54) is 30.2 Å². The van der Waals surface area contributed by atoms with Crippen LogP contribution in [0.4, 0.5) is 8.78 Å². The third kappa shape index (κ3) is 3.72. The first-order valence-electron chi connectivity index (χ1n) is 15.0. The molecule has 0 aromatic heterocycles. The van der Waals surface area contributed by atoms with Gasteiger partial charge in [0.25, 0.3) is 0 Å². The van der Waals surface area contributed by atoms with Gasteiger partial charge in [-0.05, 0) is 74.3 Å². The zero-order chi connectivity index (χ0) is 30.5. The number of hydrogen-bond acceptors (Lipinski definition) is 5. The Morgan fingerprint density at radius 1 is 1.07 bits per heavy atom. The van der Waals surface area contributed by atoms with E-state index < -0.39 is 70.4 Å². The molecule has 2 aromatic rings. The molecule has 43 heavy (non-hydrogen) atoms. The molecule has 1 aliphatic heterocycles. The molecule has 0 spiro atoms. The van der Waals surface area contributed by atoms with Crippen LogP contribution in [-0.4, -0.2) is 51.6 Å². The molecule has 226 valence electrons. The van der Waals surface area contributed by atoms with E-state index in [1.807, 2.05) is 43.3 Å². The highest BCUT2D eigenvalue weighted by atomic mass is 19.1. The number of aliphatic carboxylic acids is 1. The van der Waals surface area contributed by atoms with Crippen molar-refractivity contribution < 1.29 is 38.1 Å². The lowest BCUT2D eigenvalue weighted by Gasteiger charge is -2.62. The molecule has 0 unspecified atom stereocenters. The summed E-state index contributed by atoms with van der Waals surface area (Å²) in [5, 5.41) is 22.3.